The molecule has 20 heavy (non-hydrogen) atoms. The number of aliphatic hydroxyl groups excluding tert-OH is 2. The van der Waals surface area contributed by atoms with Crippen LogP contribution in [0.3, 0.4) is 0 Å². The molecule has 0 fully saturated rings. The highest BCUT2D eigenvalue weighted by Gasteiger charge is 2.23. The van der Waals surface area contributed by atoms with Gasteiger partial charge in [0, 0.05) is 18.2 Å². The van der Waals surface area contributed by atoms with Crippen LogP contribution in [0.1, 0.15) is 17.2 Å². The molecule has 2 unspecified atom stereocenters. The zero-order chi connectivity index (χ0) is 15.3. The molecule has 8 nitrogen and oxygen atoms in total. The van der Waals surface area contributed by atoms with Crippen LogP contribution in [0.5, 0.6) is 0 Å². The molecule has 0 aliphatic heterocycles. The van der Waals surface area contributed by atoms with E-state index in [1.165, 1.54) is 12.1 Å². The second-order valence-corrected chi connectivity index (χ2v) is 4.29. The lowest BCUT2D eigenvalue weighted by molar-refractivity contribution is -0.385. The average Bonchev–Trinajstić information content (AvgIpc) is 2.37. The van der Waals surface area contributed by atoms with Gasteiger partial charge in [-0.2, -0.15) is 0 Å². The summed E-state index contributed by atoms with van der Waals surface area (Å²) in [5.41, 5.74) is -0.184. The van der Waals surface area contributed by atoms with Crippen LogP contribution in [0.15, 0.2) is 18.2 Å². The van der Waals surface area contributed by atoms with E-state index < -0.39 is 29.5 Å². The first-order valence-corrected chi connectivity index (χ1v) is 5.86. The number of aliphatic carboxylic acids is 1. The predicted molar refractivity (Wildman–Crippen MR) is 69.3 cm³/mol. The van der Waals surface area contributed by atoms with Gasteiger partial charge >= 0.3 is 5.97 Å². The largest absolute Gasteiger partial charge is 0.481 e. The van der Waals surface area contributed by atoms with E-state index in [-0.39, 0.29) is 23.4 Å². The summed E-state index contributed by atoms with van der Waals surface area (Å²) in [6, 6.07) is 3.73. The van der Waals surface area contributed by atoms with Crippen molar-refractivity contribution in [3.63, 3.8) is 0 Å². The maximum absolute atomic E-state index is 10.9. The van der Waals surface area contributed by atoms with Crippen LogP contribution in [-0.4, -0.2) is 45.9 Å². The van der Waals surface area contributed by atoms with E-state index in [1.807, 2.05) is 0 Å². The molecule has 4 N–H and O–H groups in total. The number of benzene rings is 1. The number of hydrogen-bond acceptors (Lipinski definition) is 6. The summed E-state index contributed by atoms with van der Waals surface area (Å²) < 4.78 is 0. The first-order valence-electron chi connectivity index (χ1n) is 5.86. The van der Waals surface area contributed by atoms with E-state index in [1.54, 1.807) is 7.05 Å². The minimum absolute atomic E-state index is 0.0431. The van der Waals surface area contributed by atoms with Crippen LogP contribution in [0.4, 0.5) is 5.69 Å². The van der Waals surface area contributed by atoms with Gasteiger partial charge in [-0.15, -0.1) is 0 Å². The SMILES string of the molecule is CNCC(O)C(O)c1ccc(CC(=O)O)c([N+](=O)[O-])c1. The first-order chi connectivity index (χ1) is 9.36. The number of carboxylic acids is 1. The van der Waals surface area contributed by atoms with Crippen LogP contribution in [-0.2, 0) is 11.2 Å². The van der Waals surface area contributed by atoms with Crippen molar-refractivity contribution in [3.8, 4) is 0 Å². The van der Waals surface area contributed by atoms with E-state index >= 15 is 0 Å². The Kier molecular flexibility index (Phi) is 5.56. The molecule has 1 rings (SSSR count). The summed E-state index contributed by atoms with van der Waals surface area (Å²) >= 11 is 0. The Bertz CT molecular complexity index is 505. The number of carboxylic acid groups (broad SMARTS) is 1. The Balaban J connectivity index is 3.09. The summed E-state index contributed by atoms with van der Waals surface area (Å²) in [6.45, 7) is 0.117. The Morgan fingerprint density at radius 1 is 1.45 bits per heavy atom. The van der Waals surface area contributed by atoms with Crippen molar-refractivity contribution in [1.29, 1.82) is 0 Å². The van der Waals surface area contributed by atoms with Crippen molar-refractivity contribution >= 4 is 11.7 Å². The van der Waals surface area contributed by atoms with Gasteiger partial charge in [0.1, 0.15) is 6.10 Å². The Labute approximate surface area is 114 Å². The summed E-state index contributed by atoms with van der Waals surface area (Å²) in [4.78, 5) is 20.9. The van der Waals surface area contributed by atoms with Crippen molar-refractivity contribution in [3.05, 3.63) is 39.4 Å². The van der Waals surface area contributed by atoms with E-state index in [9.17, 15) is 25.1 Å². The summed E-state index contributed by atoms with van der Waals surface area (Å²) in [7, 11) is 1.59. The molecule has 2 atom stereocenters. The number of nitro groups is 1. The third-order valence-corrected chi connectivity index (χ3v) is 2.77. The maximum Gasteiger partial charge on any atom is 0.308 e. The Hall–Kier alpha value is -2.03. The molecule has 0 heterocycles. The highest BCUT2D eigenvalue weighted by atomic mass is 16.6. The quantitative estimate of drug-likeness (QED) is 0.403. The third-order valence-electron chi connectivity index (χ3n) is 2.77. The minimum atomic E-state index is -1.29. The van der Waals surface area contributed by atoms with Gasteiger partial charge in [-0.05, 0) is 12.6 Å². The van der Waals surface area contributed by atoms with E-state index in [0.29, 0.717) is 0 Å². The van der Waals surface area contributed by atoms with E-state index in [0.717, 1.165) is 6.07 Å². The molecule has 0 radical (unpaired) electrons. The fraction of sp³-hybridized carbons (Fsp3) is 0.417. The molecule has 8 heteroatoms. The van der Waals surface area contributed by atoms with Crippen LogP contribution in [0.25, 0.3) is 0 Å². The summed E-state index contributed by atoms with van der Waals surface area (Å²) in [5.74, 6) is -1.18. The Morgan fingerprint density at radius 2 is 2.10 bits per heavy atom. The molecule has 0 bridgehead atoms. The number of aliphatic hydroxyl groups is 2. The standard InChI is InChI=1S/C12H16N2O6/c1-13-6-10(15)12(18)8-3-2-7(5-11(16)17)9(4-8)14(19)20/h2-4,10,12-13,15,18H,5-6H2,1H3,(H,16,17). The molecule has 0 spiro atoms. The van der Waals surface area contributed by atoms with Crippen molar-refractivity contribution in [1.82, 2.24) is 5.32 Å². The van der Waals surface area contributed by atoms with Gasteiger partial charge in [-0.1, -0.05) is 12.1 Å². The fourth-order valence-electron chi connectivity index (χ4n) is 1.79. The highest BCUT2D eigenvalue weighted by Crippen LogP contribution is 2.26. The third kappa shape index (κ3) is 3.98. The van der Waals surface area contributed by atoms with E-state index in [4.69, 9.17) is 5.11 Å². The van der Waals surface area contributed by atoms with E-state index in [2.05, 4.69) is 5.32 Å². The molecule has 0 amide bonds. The second-order valence-electron chi connectivity index (χ2n) is 4.29. The molecule has 110 valence electrons. The first kappa shape index (κ1) is 16.0. The van der Waals surface area contributed by atoms with Crippen molar-refractivity contribution < 1.29 is 25.0 Å². The molecule has 0 aromatic heterocycles. The molecule has 0 aliphatic carbocycles. The van der Waals surface area contributed by atoms with Crippen LogP contribution in [0.2, 0.25) is 0 Å². The molecular weight excluding hydrogens is 268 g/mol. The number of hydrogen-bond donors (Lipinski definition) is 4. The van der Waals surface area contributed by atoms with Gasteiger partial charge in [-0.25, -0.2) is 0 Å². The summed E-state index contributed by atoms with van der Waals surface area (Å²) in [5, 5.41) is 41.8. The number of nitrogens with one attached hydrogen (secondary N) is 1. The second kappa shape index (κ2) is 6.94. The lowest BCUT2D eigenvalue weighted by Crippen LogP contribution is -2.29. The topological polar surface area (TPSA) is 133 Å². The lowest BCUT2D eigenvalue weighted by atomic mass is 10.00. The van der Waals surface area contributed by atoms with Crippen LogP contribution < -0.4 is 5.32 Å². The van der Waals surface area contributed by atoms with Gasteiger partial charge in [-0.3, -0.25) is 14.9 Å². The monoisotopic (exact) mass is 284 g/mol. The number of likely N-dealkylation sites (N-methyl/N-ethyl adjacent to an activating group) is 1. The number of nitrogens with zero attached hydrogens (tertiary/aromatic N) is 1. The number of carbonyl (C=O) groups is 1. The molecule has 1 aromatic carbocycles. The van der Waals surface area contributed by atoms with Crippen LogP contribution in [0, 0.1) is 10.1 Å². The van der Waals surface area contributed by atoms with Gasteiger partial charge < -0.3 is 20.6 Å². The fourth-order valence-corrected chi connectivity index (χ4v) is 1.79. The molecule has 1 aromatic rings. The maximum atomic E-state index is 10.9. The smallest absolute Gasteiger partial charge is 0.308 e. The van der Waals surface area contributed by atoms with Crippen molar-refractivity contribution in [2.24, 2.45) is 0 Å². The van der Waals surface area contributed by atoms with Crippen molar-refractivity contribution in [2.75, 3.05) is 13.6 Å². The normalized spacial score (nSPS) is 13.8. The average molecular weight is 284 g/mol. The van der Waals surface area contributed by atoms with Crippen molar-refractivity contribution in [2.45, 2.75) is 18.6 Å². The van der Waals surface area contributed by atoms with Gasteiger partial charge in [0.05, 0.1) is 17.4 Å². The van der Waals surface area contributed by atoms with Gasteiger partial charge in [0.2, 0.25) is 0 Å². The zero-order valence-corrected chi connectivity index (χ0v) is 10.8. The zero-order valence-electron chi connectivity index (χ0n) is 10.8. The molecule has 0 saturated heterocycles. The Morgan fingerprint density at radius 3 is 2.60 bits per heavy atom. The summed E-state index contributed by atoms with van der Waals surface area (Å²) in [6.07, 6.45) is -2.89. The molecular formula is C12H16N2O6. The molecule has 0 saturated carbocycles. The lowest BCUT2D eigenvalue weighted by Gasteiger charge is -2.18. The van der Waals surface area contributed by atoms with Crippen LogP contribution >= 0.6 is 0 Å². The molecule has 0 aliphatic rings. The predicted octanol–water partition coefficient (Wildman–Crippen LogP) is -0.164. The highest BCUT2D eigenvalue weighted by molar-refractivity contribution is 5.72. The number of rotatable bonds is 7. The minimum Gasteiger partial charge on any atom is -0.481 e. The van der Waals surface area contributed by atoms with Gasteiger partial charge in [0.25, 0.3) is 5.69 Å². The number of nitro benzene ring substituents is 1. The van der Waals surface area contributed by atoms with Gasteiger partial charge in [0.15, 0.2) is 0 Å².